The molecule has 2 amide bonds. The van der Waals surface area contributed by atoms with Gasteiger partial charge in [0.1, 0.15) is 0 Å². The first-order valence-corrected chi connectivity index (χ1v) is 9.67. The molecule has 0 saturated carbocycles. The fourth-order valence-corrected chi connectivity index (χ4v) is 3.43. The van der Waals surface area contributed by atoms with Gasteiger partial charge in [0.25, 0.3) is 0 Å². The van der Waals surface area contributed by atoms with Crippen LogP contribution in [-0.4, -0.2) is 35.6 Å². The van der Waals surface area contributed by atoms with Crippen molar-refractivity contribution in [2.24, 2.45) is 0 Å². The molecule has 0 aliphatic heterocycles. The number of nitrogens with zero attached hydrogens (tertiary/aromatic N) is 1. The van der Waals surface area contributed by atoms with E-state index in [0.29, 0.717) is 5.92 Å². The molecular formula is C20H26N2O3S. The molecular weight excluding hydrogens is 348 g/mol. The second-order valence-electron chi connectivity index (χ2n) is 6.44. The minimum atomic E-state index is -0.917. The minimum Gasteiger partial charge on any atom is -0.481 e. The van der Waals surface area contributed by atoms with Crippen molar-refractivity contribution in [3.63, 3.8) is 0 Å². The number of hydrogen-bond acceptors (Lipinski definition) is 3. The molecule has 140 valence electrons. The summed E-state index contributed by atoms with van der Waals surface area (Å²) >= 11 is 1.59. The molecule has 2 unspecified atom stereocenters. The smallest absolute Gasteiger partial charge is 0.317 e. The number of urea groups is 1. The molecule has 6 heteroatoms. The van der Waals surface area contributed by atoms with Gasteiger partial charge >= 0.3 is 12.0 Å². The Hall–Kier alpha value is -2.34. The van der Waals surface area contributed by atoms with Gasteiger partial charge in [-0.1, -0.05) is 44.2 Å². The van der Waals surface area contributed by atoms with Crippen molar-refractivity contribution in [2.75, 3.05) is 13.6 Å². The number of rotatable bonds is 8. The van der Waals surface area contributed by atoms with Crippen molar-refractivity contribution >= 4 is 23.3 Å². The van der Waals surface area contributed by atoms with Crippen LogP contribution in [0.1, 0.15) is 54.7 Å². The van der Waals surface area contributed by atoms with E-state index in [1.165, 1.54) is 10.5 Å². The van der Waals surface area contributed by atoms with Crippen LogP contribution in [0.25, 0.3) is 0 Å². The van der Waals surface area contributed by atoms with E-state index in [0.717, 1.165) is 16.9 Å². The molecule has 0 saturated heterocycles. The predicted molar refractivity (Wildman–Crippen MR) is 105 cm³/mol. The highest BCUT2D eigenvalue weighted by Gasteiger charge is 2.20. The highest BCUT2D eigenvalue weighted by atomic mass is 32.1. The SMILES string of the molecule is CCC(C)c1ccc(C(NC(=O)N(C)CCC(=O)O)c2cccs2)cc1. The third-order valence-corrected chi connectivity index (χ3v) is 5.49. The van der Waals surface area contributed by atoms with Gasteiger partial charge in [0.2, 0.25) is 0 Å². The standard InChI is InChI=1S/C20H26N2O3S/c1-4-14(2)15-7-9-16(10-8-15)19(17-6-5-13-26-17)21-20(25)22(3)12-11-18(23)24/h5-10,13-14,19H,4,11-12H2,1-3H3,(H,21,25)(H,23,24). The largest absolute Gasteiger partial charge is 0.481 e. The van der Waals surface area contributed by atoms with Crippen LogP contribution in [0.3, 0.4) is 0 Å². The molecule has 2 atom stereocenters. The van der Waals surface area contributed by atoms with Crippen molar-refractivity contribution in [3.05, 3.63) is 57.8 Å². The lowest BCUT2D eigenvalue weighted by Gasteiger charge is -2.23. The van der Waals surface area contributed by atoms with Gasteiger partial charge in [-0.3, -0.25) is 4.79 Å². The highest BCUT2D eigenvalue weighted by molar-refractivity contribution is 7.10. The van der Waals surface area contributed by atoms with Gasteiger partial charge in [0.05, 0.1) is 12.5 Å². The van der Waals surface area contributed by atoms with Crippen LogP contribution in [-0.2, 0) is 4.79 Å². The van der Waals surface area contributed by atoms with Crippen LogP contribution in [0.4, 0.5) is 4.79 Å². The van der Waals surface area contributed by atoms with E-state index in [1.54, 1.807) is 18.4 Å². The molecule has 1 heterocycles. The van der Waals surface area contributed by atoms with Crippen molar-refractivity contribution in [3.8, 4) is 0 Å². The maximum Gasteiger partial charge on any atom is 0.317 e. The molecule has 0 spiro atoms. The van der Waals surface area contributed by atoms with Crippen molar-refractivity contribution in [1.29, 1.82) is 0 Å². The van der Waals surface area contributed by atoms with Crippen LogP contribution >= 0.6 is 11.3 Å². The number of hydrogen-bond donors (Lipinski definition) is 2. The number of thiophene rings is 1. The molecule has 0 aliphatic carbocycles. The molecule has 1 aromatic carbocycles. The van der Waals surface area contributed by atoms with Gasteiger partial charge in [0, 0.05) is 18.5 Å². The lowest BCUT2D eigenvalue weighted by molar-refractivity contribution is -0.137. The first kappa shape index (κ1) is 20.0. The zero-order valence-corrected chi connectivity index (χ0v) is 16.3. The monoisotopic (exact) mass is 374 g/mol. The quantitative estimate of drug-likeness (QED) is 0.716. The first-order chi connectivity index (χ1) is 12.4. The number of carbonyl (C=O) groups is 2. The van der Waals surface area contributed by atoms with Gasteiger partial charge in [-0.15, -0.1) is 11.3 Å². The van der Waals surface area contributed by atoms with E-state index in [4.69, 9.17) is 5.11 Å². The van der Waals surface area contributed by atoms with E-state index in [1.807, 2.05) is 17.5 Å². The molecule has 1 aromatic heterocycles. The van der Waals surface area contributed by atoms with Gasteiger partial charge in [-0.05, 0) is 34.9 Å². The highest BCUT2D eigenvalue weighted by Crippen LogP contribution is 2.28. The molecule has 26 heavy (non-hydrogen) atoms. The van der Waals surface area contributed by atoms with Crippen LogP contribution in [0.2, 0.25) is 0 Å². The molecule has 2 N–H and O–H groups in total. The summed E-state index contributed by atoms with van der Waals surface area (Å²) < 4.78 is 0. The van der Waals surface area contributed by atoms with E-state index in [-0.39, 0.29) is 25.0 Å². The normalized spacial score (nSPS) is 13.0. The van der Waals surface area contributed by atoms with E-state index in [9.17, 15) is 9.59 Å². The minimum absolute atomic E-state index is 0.0722. The summed E-state index contributed by atoms with van der Waals surface area (Å²) in [6.07, 6.45) is 1.01. The van der Waals surface area contributed by atoms with Gasteiger partial charge in [-0.25, -0.2) is 4.79 Å². The lowest BCUT2D eigenvalue weighted by Crippen LogP contribution is -2.40. The topological polar surface area (TPSA) is 69.6 Å². The van der Waals surface area contributed by atoms with Crippen LogP contribution in [0, 0.1) is 0 Å². The third-order valence-electron chi connectivity index (χ3n) is 4.55. The number of nitrogens with one attached hydrogen (secondary N) is 1. The molecule has 2 rings (SSSR count). The number of aliphatic carboxylic acids is 1. The van der Waals surface area contributed by atoms with Crippen molar-refractivity contribution in [2.45, 2.75) is 38.6 Å². The molecule has 2 aromatic rings. The van der Waals surface area contributed by atoms with E-state index in [2.05, 4.69) is 43.4 Å². The van der Waals surface area contributed by atoms with E-state index < -0.39 is 5.97 Å². The second kappa shape index (κ2) is 9.38. The van der Waals surface area contributed by atoms with Crippen LogP contribution in [0.5, 0.6) is 0 Å². The summed E-state index contributed by atoms with van der Waals surface area (Å²) in [6.45, 7) is 4.54. The number of benzene rings is 1. The van der Waals surface area contributed by atoms with Crippen molar-refractivity contribution < 1.29 is 14.7 Å². The third kappa shape index (κ3) is 5.33. The number of carbonyl (C=O) groups excluding carboxylic acids is 1. The first-order valence-electron chi connectivity index (χ1n) is 8.79. The molecule has 0 aliphatic rings. The predicted octanol–water partition coefficient (Wildman–Crippen LogP) is 4.47. The van der Waals surface area contributed by atoms with Crippen LogP contribution in [0.15, 0.2) is 41.8 Å². The average Bonchev–Trinajstić information content (AvgIpc) is 3.17. The Balaban J connectivity index is 2.17. The van der Waals surface area contributed by atoms with Gasteiger partial charge < -0.3 is 15.3 Å². The maximum atomic E-state index is 12.5. The lowest BCUT2D eigenvalue weighted by atomic mass is 9.95. The zero-order valence-electron chi connectivity index (χ0n) is 15.4. The number of amides is 2. The Labute approximate surface area is 158 Å². The summed E-state index contributed by atoms with van der Waals surface area (Å²) in [6, 6.07) is 11.8. The zero-order chi connectivity index (χ0) is 19.1. The molecule has 5 nitrogen and oxygen atoms in total. The Morgan fingerprint density at radius 2 is 1.85 bits per heavy atom. The van der Waals surface area contributed by atoms with E-state index >= 15 is 0 Å². The Bertz CT molecular complexity index is 713. The van der Waals surface area contributed by atoms with Gasteiger partial charge in [-0.2, -0.15) is 0 Å². The Kier molecular flexibility index (Phi) is 7.21. The second-order valence-corrected chi connectivity index (χ2v) is 7.42. The molecule has 0 radical (unpaired) electrons. The fourth-order valence-electron chi connectivity index (χ4n) is 2.63. The fraction of sp³-hybridized carbons (Fsp3) is 0.400. The summed E-state index contributed by atoms with van der Waals surface area (Å²) in [4.78, 5) is 25.6. The summed E-state index contributed by atoms with van der Waals surface area (Å²) in [5, 5.41) is 13.8. The van der Waals surface area contributed by atoms with Gasteiger partial charge in [0.15, 0.2) is 0 Å². The summed E-state index contributed by atoms with van der Waals surface area (Å²) in [5.74, 6) is -0.416. The Morgan fingerprint density at radius 3 is 2.38 bits per heavy atom. The average molecular weight is 375 g/mol. The molecule has 0 fully saturated rings. The summed E-state index contributed by atoms with van der Waals surface area (Å²) in [7, 11) is 1.61. The van der Waals surface area contributed by atoms with Crippen molar-refractivity contribution in [1.82, 2.24) is 10.2 Å². The summed E-state index contributed by atoms with van der Waals surface area (Å²) in [5.41, 5.74) is 2.30. The number of carboxylic acid groups (broad SMARTS) is 1. The number of carboxylic acids is 1. The van der Waals surface area contributed by atoms with Crippen LogP contribution < -0.4 is 5.32 Å². The Morgan fingerprint density at radius 1 is 1.19 bits per heavy atom. The maximum absolute atomic E-state index is 12.5. The molecule has 0 bridgehead atoms.